The van der Waals surface area contributed by atoms with Crippen LogP contribution in [-0.4, -0.2) is 37.4 Å². The van der Waals surface area contributed by atoms with E-state index < -0.39 is 6.10 Å². The van der Waals surface area contributed by atoms with E-state index in [2.05, 4.69) is 21.7 Å². The van der Waals surface area contributed by atoms with E-state index in [-0.39, 0.29) is 0 Å². The molecule has 1 atom stereocenters. The van der Waals surface area contributed by atoms with Gasteiger partial charge in [-0.15, -0.1) is 0 Å². The minimum Gasteiger partial charge on any atom is -0.496 e. The number of rotatable bonds is 8. The molecule has 2 aromatic rings. The van der Waals surface area contributed by atoms with Crippen LogP contribution in [0.25, 0.3) is 0 Å². The summed E-state index contributed by atoms with van der Waals surface area (Å²) < 4.78 is 5.43. The quantitative estimate of drug-likeness (QED) is 0.503. The summed E-state index contributed by atoms with van der Waals surface area (Å²) in [5, 5.41) is 16.7. The molecule has 0 aliphatic rings. The minimum absolute atomic E-state index is 0.436. The highest BCUT2D eigenvalue weighted by Gasteiger charge is 2.08. The van der Waals surface area contributed by atoms with Crippen molar-refractivity contribution in [3.05, 3.63) is 65.2 Å². The Balaban J connectivity index is 1.94. The lowest BCUT2D eigenvalue weighted by Crippen LogP contribution is -2.41. The lowest BCUT2D eigenvalue weighted by molar-refractivity contribution is 0.177. The van der Waals surface area contributed by atoms with Crippen LogP contribution in [0.2, 0.25) is 0 Å². The van der Waals surface area contributed by atoms with Gasteiger partial charge in [0.15, 0.2) is 5.96 Å². The molecule has 0 aliphatic carbocycles. The van der Waals surface area contributed by atoms with Crippen molar-refractivity contribution in [3.63, 3.8) is 0 Å². The van der Waals surface area contributed by atoms with Gasteiger partial charge in [-0.2, -0.15) is 0 Å². The molecule has 5 heteroatoms. The van der Waals surface area contributed by atoms with Crippen LogP contribution in [-0.2, 0) is 13.0 Å². The Morgan fingerprint density at radius 1 is 1.15 bits per heavy atom. The van der Waals surface area contributed by atoms with Gasteiger partial charge < -0.3 is 20.5 Å². The van der Waals surface area contributed by atoms with E-state index in [1.165, 1.54) is 0 Å². The first kappa shape index (κ1) is 19.8. The first-order valence-electron chi connectivity index (χ1n) is 9.00. The normalized spacial score (nSPS) is 12.5. The largest absolute Gasteiger partial charge is 0.496 e. The summed E-state index contributed by atoms with van der Waals surface area (Å²) in [6, 6.07) is 16.1. The fourth-order valence-electron chi connectivity index (χ4n) is 2.66. The molecule has 0 bridgehead atoms. The third kappa shape index (κ3) is 6.41. The number of hydrogen-bond acceptors (Lipinski definition) is 3. The van der Waals surface area contributed by atoms with Gasteiger partial charge in [0.25, 0.3) is 0 Å². The Morgan fingerprint density at radius 3 is 2.62 bits per heavy atom. The van der Waals surface area contributed by atoms with Crippen LogP contribution in [0.15, 0.2) is 53.5 Å². The summed E-state index contributed by atoms with van der Waals surface area (Å²) in [6.07, 6.45) is 0.133. The third-order valence-corrected chi connectivity index (χ3v) is 4.01. The number of aliphatic hydroxyl groups excluding tert-OH is 1. The van der Waals surface area contributed by atoms with Crippen LogP contribution in [0.5, 0.6) is 5.75 Å². The Kier molecular flexibility index (Phi) is 7.96. The molecule has 0 spiro atoms. The van der Waals surface area contributed by atoms with Crippen molar-refractivity contribution in [2.75, 3.05) is 20.2 Å². The maximum Gasteiger partial charge on any atom is 0.191 e. The van der Waals surface area contributed by atoms with Gasteiger partial charge in [-0.3, -0.25) is 0 Å². The molecule has 140 valence electrons. The van der Waals surface area contributed by atoms with Crippen LogP contribution in [0.1, 0.15) is 23.6 Å². The van der Waals surface area contributed by atoms with Gasteiger partial charge in [-0.1, -0.05) is 42.5 Å². The molecule has 0 saturated heterocycles. The maximum absolute atomic E-state index is 10.3. The van der Waals surface area contributed by atoms with Crippen molar-refractivity contribution in [1.82, 2.24) is 10.6 Å². The second-order valence-corrected chi connectivity index (χ2v) is 6.23. The van der Waals surface area contributed by atoms with E-state index in [9.17, 15) is 5.11 Å². The highest BCUT2D eigenvalue weighted by Crippen LogP contribution is 2.20. The summed E-state index contributed by atoms with van der Waals surface area (Å²) in [6.45, 7) is 5.75. The van der Waals surface area contributed by atoms with Crippen molar-refractivity contribution >= 4 is 5.96 Å². The number of aliphatic hydroxyl groups is 1. The zero-order chi connectivity index (χ0) is 18.8. The Morgan fingerprint density at radius 2 is 1.92 bits per heavy atom. The zero-order valence-corrected chi connectivity index (χ0v) is 15.8. The average molecular weight is 355 g/mol. The second-order valence-electron chi connectivity index (χ2n) is 6.23. The Labute approximate surface area is 156 Å². The van der Waals surface area contributed by atoms with Gasteiger partial charge in [0.2, 0.25) is 0 Å². The van der Waals surface area contributed by atoms with E-state index >= 15 is 0 Å². The van der Waals surface area contributed by atoms with Crippen LogP contribution in [0, 0.1) is 6.92 Å². The predicted octanol–water partition coefficient (Wildman–Crippen LogP) is 2.66. The highest BCUT2D eigenvalue weighted by atomic mass is 16.5. The fourth-order valence-corrected chi connectivity index (χ4v) is 2.66. The number of nitrogens with zero attached hydrogens (tertiary/aromatic N) is 1. The summed E-state index contributed by atoms with van der Waals surface area (Å²) in [7, 11) is 1.67. The number of hydrogen-bond donors (Lipinski definition) is 3. The molecule has 2 rings (SSSR count). The molecule has 0 aromatic heterocycles. The Bertz CT molecular complexity index is 702. The smallest absolute Gasteiger partial charge is 0.191 e. The molecule has 2 aromatic carbocycles. The van der Waals surface area contributed by atoms with Crippen molar-refractivity contribution < 1.29 is 9.84 Å². The summed E-state index contributed by atoms with van der Waals surface area (Å²) in [5.74, 6) is 1.52. The van der Waals surface area contributed by atoms with Gasteiger partial charge in [-0.25, -0.2) is 4.99 Å². The van der Waals surface area contributed by atoms with Crippen LogP contribution < -0.4 is 15.4 Å². The molecular formula is C21H29N3O2. The van der Waals surface area contributed by atoms with Gasteiger partial charge >= 0.3 is 0 Å². The molecule has 0 radical (unpaired) electrons. The molecule has 0 heterocycles. The van der Waals surface area contributed by atoms with Crippen molar-refractivity contribution in [3.8, 4) is 5.75 Å². The van der Waals surface area contributed by atoms with Crippen LogP contribution in [0.4, 0.5) is 0 Å². The maximum atomic E-state index is 10.3. The highest BCUT2D eigenvalue weighted by molar-refractivity contribution is 5.79. The number of ether oxygens (including phenoxy) is 1. The van der Waals surface area contributed by atoms with E-state index in [1.807, 2.05) is 56.3 Å². The summed E-state index contributed by atoms with van der Waals surface area (Å²) in [4.78, 5) is 4.60. The monoisotopic (exact) mass is 355 g/mol. The molecule has 26 heavy (non-hydrogen) atoms. The summed E-state index contributed by atoms with van der Waals surface area (Å²) in [5.41, 5.74) is 3.30. The van der Waals surface area contributed by atoms with Crippen molar-refractivity contribution in [1.29, 1.82) is 0 Å². The molecule has 0 saturated carbocycles. The molecule has 0 amide bonds. The average Bonchev–Trinajstić information content (AvgIpc) is 2.65. The molecule has 5 nitrogen and oxygen atoms in total. The molecule has 0 fully saturated rings. The molecule has 0 aliphatic heterocycles. The van der Waals surface area contributed by atoms with Gasteiger partial charge in [-0.05, 0) is 31.0 Å². The predicted molar refractivity (Wildman–Crippen MR) is 107 cm³/mol. The van der Waals surface area contributed by atoms with E-state index in [0.717, 1.165) is 29.0 Å². The molecule has 1 unspecified atom stereocenters. The van der Waals surface area contributed by atoms with E-state index in [1.54, 1.807) is 7.11 Å². The summed E-state index contributed by atoms with van der Waals surface area (Å²) >= 11 is 0. The number of aliphatic imine (C=N–C) groups is 1. The number of aryl methyl sites for hydroxylation is 1. The SMILES string of the molecule is CCNC(=NCc1ccc(C)cc1OC)NCC(O)Cc1ccccc1. The fraction of sp³-hybridized carbons (Fsp3) is 0.381. The molecular weight excluding hydrogens is 326 g/mol. The Hall–Kier alpha value is -2.53. The third-order valence-electron chi connectivity index (χ3n) is 4.01. The van der Waals surface area contributed by atoms with Gasteiger partial charge in [0, 0.05) is 25.1 Å². The topological polar surface area (TPSA) is 65.9 Å². The number of methoxy groups -OCH3 is 1. The number of benzene rings is 2. The van der Waals surface area contributed by atoms with E-state index in [0.29, 0.717) is 25.5 Å². The number of nitrogens with one attached hydrogen (secondary N) is 2. The first-order valence-corrected chi connectivity index (χ1v) is 9.00. The standard InChI is InChI=1S/C21H29N3O2/c1-4-22-21(23-14-18-11-10-16(2)12-20(18)26-3)24-15-19(25)13-17-8-6-5-7-9-17/h5-12,19,25H,4,13-15H2,1-3H3,(H2,22,23,24). The van der Waals surface area contributed by atoms with E-state index in [4.69, 9.17) is 4.74 Å². The van der Waals surface area contributed by atoms with Crippen molar-refractivity contribution in [2.45, 2.75) is 32.9 Å². The lowest BCUT2D eigenvalue weighted by atomic mass is 10.1. The molecule has 3 N–H and O–H groups in total. The zero-order valence-electron chi connectivity index (χ0n) is 15.8. The van der Waals surface area contributed by atoms with Crippen LogP contribution in [0.3, 0.4) is 0 Å². The second kappa shape index (κ2) is 10.5. The van der Waals surface area contributed by atoms with Crippen LogP contribution >= 0.6 is 0 Å². The van der Waals surface area contributed by atoms with Gasteiger partial charge in [0.1, 0.15) is 5.75 Å². The van der Waals surface area contributed by atoms with Crippen molar-refractivity contribution in [2.24, 2.45) is 4.99 Å². The minimum atomic E-state index is -0.477. The number of guanidine groups is 1. The lowest BCUT2D eigenvalue weighted by Gasteiger charge is -2.16. The first-order chi connectivity index (χ1) is 12.6. The van der Waals surface area contributed by atoms with Gasteiger partial charge in [0.05, 0.1) is 19.8 Å².